The Labute approximate surface area is 106 Å². The van der Waals surface area contributed by atoms with E-state index < -0.39 is 5.97 Å². The Morgan fingerprint density at radius 3 is 2.89 bits per heavy atom. The Morgan fingerprint density at radius 2 is 2.33 bits per heavy atom. The van der Waals surface area contributed by atoms with Crippen LogP contribution in [0.5, 0.6) is 0 Å². The summed E-state index contributed by atoms with van der Waals surface area (Å²) in [5.74, 6) is 1.23. The second-order valence-electron chi connectivity index (χ2n) is 4.19. The molecule has 1 aromatic rings. The molecule has 0 heterocycles. The maximum Gasteiger partial charge on any atom is 0.317 e. The van der Waals surface area contributed by atoms with E-state index in [0.29, 0.717) is 6.42 Å². The van der Waals surface area contributed by atoms with Gasteiger partial charge in [0, 0.05) is 6.04 Å². The van der Waals surface area contributed by atoms with Gasteiger partial charge < -0.3 is 5.11 Å². The van der Waals surface area contributed by atoms with E-state index in [1.165, 1.54) is 12.1 Å². The number of carboxylic acid groups (broad SMARTS) is 1. The lowest BCUT2D eigenvalue weighted by atomic mass is 10.1. The van der Waals surface area contributed by atoms with Crippen LogP contribution in [0.25, 0.3) is 0 Å². The van der Waals surface area contributed by atoms with Crippen molar-refractivity contribution in [2.75, 3.05) is 13.1 Å². The number of benzene rings is 1. The van der Waals surface area contributed by atoms with E-state index in [4.69, 9.17) is 11.5 Å². The predicted molar refractivity (Wildman–Crippen MR) is 67.6 cm³/mol. The second kappa shape index (κ2) is 6.77. The molecule has 1 aromatic carbocycles. The third-order valence-corrected chi connectivity index (χ3v) is 2.68. The van der Waals surface area contributed by atoms with Gasteiger partial charge in [-0.25, -0.2) is 4.39 Å². The quantitative estimate of drug-likeness (QED) is 0.781. The lowest BCUT2D eigenvalue weighted by molar-refractivity contribution is -0.138. The van der Waals surface area contributed by atoms with Crippen LogP contribution >= 0.6 is 0 Å². The Bertz CT molecular complexity index is 453. The van der Waals surface area contributed by atoms with Crippen molar-refractivity contribution in [1.29, 1.82) is 0 Å². The van der Waals surface area contributed by atoms with Gasteiger partial charge in [-0.2, -0.15) is 0 Å². The van der Waals surface area contributed by atoms with Crippen LogP contribution < -0.4 is 0 Å². The molecule has 0 aliphatic rings. The van der Waals surface area contributed by atoms with Crippen LogP contribution in [0.4, 0.5) is 4.39 Å². The summed E-state index contributed by atoms with van der Waals surface area (Å²) in [4.78, 5) is 12.4. The fourth-order valence-electron chi connectivity index (χ4n) is 1.79. The van der Waals surface area contributed by atoms with Crippen LogP contribution in [-0.4, -0.2) is 35.1 Å². The van der Waals surface area contributed by atoms with Gasteiger partial charge in [-0.1, -0.05) is 18.1 Å². The molecule has 1 rings (SSSR count). The molecule has 0 aliphatic heterocycles. The largest absolute Gasteiger partial charge is 0.480 e. The summed E-state index contributed by atoms with van der Waals surface area (Å²) in [7, 11) is 0. The van der Waals surface area contributed by atoms with Crippen molar-refractivity contribution < 1.29 is 14.3 Å². The molecule has 0 bridgehead atoms. The average Bonchev–Trinajstić information content (AvgIpc) is 2.27. The molecule has 4 heteroatoms. The highest BCUT2D eigenvalue weighted by molar-refractivity contribution is 5.69. The van der Waals surface area contributed by atoms with Gasteiger partial charge in [0.15, 0.2) is 0 Å². The van der Waals surface area contributed by atoms with Crippen molar-refractivity contribution in [1.82, 2.24) is 4.90 Å². The van der Waals surface area contributed by atoms with Crippen molar-refractivity contribution in [2.45, 2.75) is 19.4 Å². The maximum absolute atomic E-state index is 13.0. The number of carbonyl (C=O) groups is 1. The number of rotatable bonds is 6. The Kier molecular flexibility index (Phi) is 5.34. The summed E-state index contributed by atoms with van der Waals surface area (Å²) < 4.78 is 13.0. The van der Waals surface area contributed by atoms with E-state index in [9.17, 15) is 9.18 Å². The molecule has 0 spiro atoms. The molecule has 0 amide bonds. The molecule has 3 nitrogen and oxygen atoms in total. The molecule has 0 saturated carbocycles. The lowest BCUT2D eigenvalue weighted by Crippen LogP contribution is -2.38. The first kappa shape index (κ1) is 14.2. The molecular weight excluding hydrogens is 233 g/mol. The number of terminal acetylenes is 1. The number of nitrogens with zero attached hydrogens (tertiary/aromatic N) is 1. The zero-order valence-corrected chi connectivity index (χ0v) is 10.3. The smallest absolute Gasteiger partial charge is 0.317 e. The Balaban J connectivity index is 2.69. The van der Waals surface area contributed by atoms with Crippen LogP contribution in [0.2, 0.25) is 0 Å². The van der Waals surface area contributed by atoms with Crippen molar-refractivity contribution >= 4 is 5.97 Å². The molecule has 96 valence electrons. The highest BCUT2D eigenvalue weighted by atomic mass is 19.1. The minimum absolute atomic E-state index is 0.0565. The minimum atomic E-state index is -0.920. The van der Waals surface area contributed by atoms with E-state index in [2.05, 4.69) is 5.92 Å². The first-order chi connectivity index (χ1) is 8.52. The topological polar surface area (TPSA) is 40.5 Å². The Hall–Kier alpha value is -1.86. The van der Waals surface area contributed by atoms with Gasteiger partial charge in [-0.15, -0.1) is 6.42 Å². The van der Waals surface area contributed by atoms with E-state index >= 15 is 0 Å². The lowest BCUT2D eigenvalue weighted by Gasteiger charge is -2.25. The van der Waals surface area contributed by atoms with Crippen LogP contribution in [0.3, 0.4) is 0 Å². The van der Waals surface area contributed by atoms with Gasteiger partial charge >= 0.3 is 5.97 Å². The van der Waals surface area contributed by atoms with Gasteiger partial charge in [-0.3, -0.25) is 9.69 Å². The third kappa shape index (κ3) is 4.56. The van der Waals surface area contributed by atoms with E-state index in [1.807, 2.05) is 13.0 Å². The number of hydrogen-bond donors (Lipinski definition) is 1. The first-order valence-corrected chi connectivity index (χ1v) is 5.66. The highest BCUT2D eigenvalue weighted by Crippen LogP contribution is 2.10. The summed E-state index contributed by atoms with van der Waals surface area (Å²) in [5.41, 5.74) is 0.829. The zero-order chi connectivity index (χ0) is 13.5. The standard InChI is InChI=1S/C14H16FNO2/c1-3-7-16(10-14(17)18)11(2)8-12-5-4-6-13(15)9-12/h1,4-6,9,11H,7-8,10H2,2H3,(H,17,18). The van der Waals surface area contributed by atoms with Crippen LogP contribution in [0.15, 0.2) is 24.3 Å². The van der Waals surface area contributed by atoms with Gasteiger partial charge in [0.05, 0.1) is 13.1 Å². The summed E-state index contributed by atoms with van der Waals surface area (Å²) in [6.45, 7) is 2.04. The molecule has 0 aliphatic carbocycles. The second-order valence-corrected chi connectivity index (χ2v) is 4.19. The fraction of sp³-hybridized carbons (Fsp3) is 0.357. The van der Waals surface area contributed by atoms with Crippen molar-refractivity contribution in [3.8, 4) is 12.3 Å². The SMILES string of the molecule is C#CCN(CC(=O)O)C(C)Cc1cccc(F)c1. The number of hydrogen-bond acceptors (Lipinski definition) is 2. The number of aliphatic carboxylic acids is 1. The summed E-state index contributed by atoms with van der Waals surface area (Å²) in [6.07, 6.45) is 5.78. The highest BCUT2D eigenvalue weighted by Gasteiger charge is 2.16. The molecule has 18 heavy (non-hydrogen) atoms. The van der Waals surface area contributed by atoms with Gasteiger partial charge in [0.25, 0.3) is 0 Å². The molecular formula is C14H16FNO2. The fourth-order valence-corrected chi connectivity index (χ4v) is 1.79. The van der Waals surface area contributed by atoms with Crippen molar-refractivity contribution in [2.24, 2.45) is 0 Å². The first-order valence-electron chi connectivity index (χ1n) is 5.66. The monoisotopic (exact) mass is 249 g/mol. The van der Waals surface area contributed by atoms with E-state index in [0.717, 1.165) is 5.56 Å². The van der Waals surface area contributed by atoms with Crippen LogP contribution in [-0.2, 0) is 11.2 Å². The normalized spacial score (nSPS) is 12.1. The predicted octanol–water partition coefficient (Wildman–Crippen LogP) is 1.78. The van der Waals surface area contributed by atoms with E-state index in [-0.39, 0.29) is 24.9 Å². The molecule has 1 N–H and O–H groups in total. The van der Waals surface area contributed by atoms with Gasteiger partial charge in [-0.05, 0) is 31.0 Å². The summed E-state index contributed by atoms with van der Waals surface area (Å²) >= 11 is 0. The number of carboxylic acids is 1. The number of halogens is 1. The molecule has 0 aromatic heterocycles. The van der Waals surface area contributed by atoms with Crippen LogP contribution in [0.1, 0.15) is 12.5 Å². The van der Waals surface area contributed by atoms with Gasteiger partial charge in [0.1, 0.15) is 5.82 Å². The van der Waals surface area contributed by atoms with Gasteiger partial charge in [0.2, 0.25) is 0 Å². The third-order valence-electron chi connectivity index (χ3n) is 2.68. The summed E-state index contributed by atoms with van der Waals surface area (Å²) in [5, 5.41) is 8.80. The maximum atomic E-state index is 13.0. The Morgan fingerprint density at radius 1 is 1.61 bits per heavy atom. The molecule has 1 unspecified atom stereocenters. The molecule has 0 saturated heterocycles. The average molecular weight is 249 g/mol. The zero-order valence-electron chi connectivity index (χ0n) is 10.3. The van der Waals surface area contributed by atoms with E-state index in [1.54, 1.807) is 11.0 Å². The van der Waals surface area contributed by atoms with Crippen LogP contribution in [0, 0.1) is 18.2 Å². The van der Waals surface area contributed by atoms with Crippen molar-refractivity contribution in [3.05, 3.63) is 35.6 Å². The minimum Gasteiger partial charge on any atom is -0.480 e. The molecule has 0 radical (unpaired) electrons. The molecule has 1 atom stereocenters. The molecule has 0 fully saturated rings. The van der Waals surface area contributed by atoms with Crippen molar-refractivity contribution in [3.63, 3.8) is 0 Å². The summed E-state index contributed by atoms with van der Waals surface area (Å²) in [6, 6.07) is 6.23.